The number of aromatic nitrogens is 1. The van der Waals surface area contributed by atoms with Crippen LogP contribution in [0.15, 0.2) is 115 Å². The van der Waals surface area contributed by atoms with Crippen LogP contribution >= 0.6 is 11.3 Å². The number of rotatable bonds is 16. The topological polar surface area (TPSA) is 204 Å². The number of esters is 6. The van der Waals surface area contributed by atoms with Crippen molar-refractivity contribution in [3.8, 4) is 40.2 Å². The highest BCUT2D eigenvalue weighted by molar-refractivity contribution is 7.22. The standard InChI is InChI=1S/C52H51N3O13S/c1-6-45(56)62-36-20-22-37(23-21-36)63-47(58)31-16-18-34(19-17-31)50(61)67-41-26-24-38(28-35(41)30-53-55-51-54-40-10-8-9-11-44(40)69-51)64-48(59)32-12-14-33(15-13-32)49(60)65-39-25-27-42(66-46(57)7-2)43(29-39)68-52(3,4)5/h6-11,20-34H,1-2,12-19H2,3-5H3,(H,54,55)/b53-30+. The van der Waals surface area contributed by atoms with Gasteiger partial charge in [-0.3, -0.25) is 24.6 Å². The molecule has 0 atom stereocenters. The van der Waals surface area contributed by atoms with Gasteiger partial charge in [-0.05, 0) is 139 Å². The maximum Gasteiger partial charge on any atom is 0.335 e. The third-order valence-electron chi connectivity index (χ3n) is 11.2. The predicted molar refractivity (Wildman–Crippen MR) is 256 cm³/mol. The minimum atomic E-state index is -0.664. The summed E-state index contributed by atoms with van der Waals surface area (Å²) < 4.78 is 40.4. The van der Waals surface area contributed by atoms with Crippen LogP contribution in [0, 0.1) is 23.7 Å². The number of nitrogens with zero attached hydrogens (tertiary/aromatic N) is 2. The van der Waals surface area contributed by atoms with Crippen LogP contribution in [-0.2, 0) is 28.8 Å². The van der Waals surface area contributed by atoms with Crippen LogP contribution in [0.3, 0.4) is 0 Å². The van der Waals surface area contributed by atoms with Gasteiger partial charge in [0.2, 0.25) is 5.13 Å². The van der Waals surface area contributed by atoms with E-state index in [0.717, 1.165) is 22.4 Å². The Balaban J connectivity index is 0.956. The van der Waals surface area contributed by atoms with Gasteiger partial charge >= 0.3 is 35.8 Å². The lowest BCUT2D eigenvalue weighted by atomic mass is 9.82. The number of thiazole rings is 1. The van der Waals surface area contributed by atoms with Crippen LogP contribution in [0.2, 0.25) is 0 Å². The molecule has 0 bridgehead atoms. The average Bonchev–Trinajstić information content (AvgIpc) is 3.76. The summed E-state index contributed by atoms with van der Waals surface area (Å²) in [5.41, 5.74) is 3.44. The second-order valence-electron chi connectivity index (χ2n) is 17.4. The predicted octanol–water partition coefficient (Wildman–Crippen LogP) is 9.74. The summed E-state index contributed by atoms with van der Waals surface area (Å²) in [5.74, 6) is -3.44. The molecule has 0 spiro atoms. The number of nitrogens with one attached hydrogen (secondary N) is 1. The summed E-state index contributed by atoms with van der Waals surface area (Å²) in [6.07, 6.45) is 6.66. The Kier molecular flexibility index (Phi) is 16.0. The number of hydrazone groups is 1. The van der Waals surface area contributed by atoms with Crippen LogP contribution in [0.25, 0.3) is 10.2 Å². The van der Waals surface area contributed by atoms with Gasteiger partial charge in [0.05, 0.1) is 40.1 Å². The second kappa shape index (κ2) is 22.4. The minimum absolute atomic E-state index is 0.152. The molecule has 1 N–H and O–H groups in total. The number of carbonyl (C=O) groups excluding carboxylic acids is 6. The number of hydrogen-bond acceptors (Lipinski definition) is 17. The fourth-order valence-electron chi connectivity index (χ4n) is 7.71. The third-order valence-corrected chi connectivity index (χ3v) is 12.2. The first kappa shape index (κ1) is 49.3. The van der Waals surface area contributed by atoms with E-state index in [0.29, 0.717) is 67.8 Å². The molecule has 2 aliphatic rings. The summed E-state index contributed by atoms with van der Waals surface area (Å²) in [6.45, 7) is 12.3. The normalized spacial score (nSPS) is 18.0. The number of hydrogen-bond donors (Lipinski definition) is 1. The Hall–Kier alpha value is -7.66. The van der Waals surface area contributed by atoms with Crippen LogP contribution in [0.5, 0.6) is 40.2 Å². The van der Waals surface area contributed by atoms with Crippen LogP contribution in [0.1, 0.15) is 77.7 Å². The fourth-order valence-corrected chi connectivity index (χ4v) is 8.53. The van der Waals surface area contributed by atoms with Gasteiger partial charge < -0.3 is 33.2 Å². The molecule has 0 saturated heterocycles. The monoisotopic (exact) mass is 957 g/mol. The molecule has 2 aliphatic carbocycles. The number of fused-ring (bicyclic) bond motifs is 1. The smallest absolute Gasteiger partial charge is 0.335 e. The van der Waals surface area contributed by atoms with E-state index in [-0.39, 0.29) is 34.5 Å². The molecule has 0 unspecified atom stereocenters. The molecule has 4 aromatic carbocycles. The molecule has 69 heavy (non-hydrogen) atoms. The largest absolute Gasteiger partial charge is 0.484 e. The van der Waals surface area contributed by atoms with Gasteiger partial charge in [-0.25, -0.2) is 14.6 Å². The van der Waals surface area contributed by atoms with E-state index >= 15 is 0 Å². The first-order valence-electron chi connectivity index (χ1n) is 22.4. The highest BCUT2D eigenvalue weighted by Gasteiger charge is 2.34. The van der Waals surface area contributed by atoms with E-state index in [1.165, 1.54) is 72.1 Å². The Morgan fingerprint density at radius 3 is 1.58 bits per heavy atom. The van der Waals surface area contributed by atoms with E-state index < -0.39 is 65.1 Å². The van der Waals surface area contributed by atoms with Crippen molar-refractivity contribution in [3.63, 3.8) is 0 Å². The van der Waals surface area contributed by atoms with Crippen molar-refractivity contribution >= 4 is 68.7 Å². The van der Waals surface area contributed by atoms with E-state index in [2.05, 4.69) is 28.7 Å². The zero-order valence-corrected chi connectivity index (χ0v) is 39.1. The molecule has 2 saturated carbocycles. The van der Waals surface area contributed by atoms with Crippen molar-refractivity contribution in [1.82, 2.24) is 4.98 Å². The van der Waals surface area contributed by atoms with Gasteiger partial charge in [0.15, 0.2) is 11.5 Å². The van der Waals surface area contributed by atoms with Gasteiger partial charge in [-0.15, -0.1) is 0 Å². The Morgan fingerprint density at radius 2 is 1.04 bits per heavy atom. The average molecular weight is 958 g/mol. The highest BCUT2D eigenvalue weighted by atomic mass is 32.1. The van der Waals surface area contributed by atoms with Gasteiger partial charge in [0, 0.05) is 23.8 Å². The molecule has 2 fully saturated rings. The molecule has 358 valence electrons. The van der Waals surface area contributed by atoms with E-state index in [1.807, 2.05) is 45.0 Å². The van der Waals surface area contributed by atoms with Gasteiger partial charge in [0.1, 0.15) is 34.3 Å². The molecular weight excluding hydrogens is 907 g/mol. The van der Waals surface area contributed by atoms with Crippen molar-refractivity contribution in [2.75, 3.05) is 5.43 Å². The molecule has 16 nitrogen and oxygen atoms in total. The minimum Gasteiger partial charge on any atom is -0.484 e. The molecule has 0 aliphatic heterocycles. The summed E-state index contributed by atoms with van der Waals surface area (Å²) in [5, 5.41) is 4.91. The number of anilines is 1. The molecule has 0 radical (unpaired) electrons. The van der Waals surface area contributed by atoms with Crippen LogP contribution < -0.4 is 38.6 Å². The summed E-state index contributed by atoms with van der Waals surface area (Å²) in [6, 6.07) is 22.8. The van der Waals surface area contributed by atoms with Crippen molar-refractivity contribution in [2.24, 2.45) is 28.8 Å². The summed E-state index contributed by atoms with van der Waals surface area (Å²) in [7, 11) is 0. The van der Waals surface area contributed by atoms with Crippen molar-refractivity contribution in [1.29, 1.82) is 0 Å². The Bertz CT molecular complexity index is 2730. The first-order valence-corrected chi connectivity index (χ1v) is 23.2. The van der Waals surface area contributed by atoms with E-state index in [9.17, 15) is 28.8 Å². The van der Waals surface area contributed by atoms with Crippen molar-refractivity contribution in [2.45, 2.75) is 77.7 Å². The molecular formula is C52H51N3O13S. The fraction of sp³-hybridized carbons (Fsp3) is 0.308. The molecule has 1 aromatic heterocycles. The molecule has 7 rings (SSSR count). The molecule has 17 heteroatoms. The van der Waals surface area contributed by atoms with Gasteiger partial charge in [-0.1, -0.05) is 36.6 Å². The first-order chi connectivity index (χ1) is 33.1. The molecule has 5 aromatic rings. The van der Waals surface area contributed by atoms with Crippen LogP contribution in [0.4, 0.5) is 5.13 Å². The summed E-state index contributed by atoms with van der Waals surface area (Å²) >= 11 is 1.41. The lowest BCUT2D eigenvalue weighted by molar-refractivity contribution is -0.145. The number of para-hydroxylation sites is 1. The van der Waals surface area contributed by atoms with Crippen LogP contribution in [-0.4, -0.2) is 52.6 Å². The van der Waals surface area contributed by atoms with Gasteiger partial charge in [-0.2, -0.15) is 5.10 Å². The number of benzene rings is 4. The number of ether oxygens (including phenoxy) is 7. The third kappa shape index (κ3) is 13.7. The zero-order chi connectivity index (χ0) is 49.1. The van der Waals surface area contributed by atoms with Crippen molar-refractivity contribution < 1.29 is 61.9 Å². The zero-order valence-electron chi connectivity index (χ0n) is 38.3. The lowest BCUT2D eigenvalue weighted by Crippen LogP contribution is -2.30. The maximum atomic E-state index is 13.6. The highest BCUT2D eigenvalue weighted by Crippen LogP contribution is 2.37. The lowest BCUT2D eigenvalue weighted by Gasteiger charge is -2.26. The van der Waals surface area contributed by atoms with Crippen molar-refractivity contribution in [3.05, 3.63) is 116 Å². The summed E-state index contributed by atoms with van der Waals surface area (Å²) in [4.78, 5) is 81.3. The maximum absolute atomic E-state index is 13.6. The van der Waals surface area contributed by atoms with E-state index in [1.54, 1.807) is 6.07 Å². The quantitative estimate of drug-likeness (QED) is 0.0321. The molecule has 0 amide bonds. The number of carbonyl (C=O) groups is 6. The Morgan fingerprint density at radius 1 is 0.580 bits per heavy atom. The Labute approximate surface area is 402 Å². The van der Waals surface area contributed by atoms with E-state index in [4.69, 9.17) is 33.2 Å². The SMILES string of the molecule is C=CC(=O)Oc1ccc(OC(=O)C2CCC(C(=O)Oc3ccc(OC(=O)C4CCC(C(=O)Oc5ccc(OC(=O)C=C)c(OC(C)(C)C)c5)CC4)cc3/C=N/Nc3nc4ccccc4s3)CC2)cc1. The second-order valence-corrected chi connectivity index (χ2v) is 18.4. The van der Waals surface area contributed by atoms with Gasteiger partial charge in [0.25, 0.3) is 0 Å². The molecule has 1 heterocycles.